The normalized spacial score (nSPS) is 15.6. The van der Waals surface area contributed by atoms with Crippen LogP contribution < -0.4 is 24.4 Å². The Morgan fingerprint density at radius 2 is 1.71 bits per heavy atom. The van der Waals surface area contributed by atoms with Crippen LogP contribution in [0.3, 0.4) is 0 Å². The van der Waals surface area contributed by atoms with E-state index in [9.17, 15) is 18.0 Å². The molecule has 1 aliphatic rings. The number of fused-ring (bicyclic) bond motifs is 1. The van der Waals surface area contributed by atoms with Gasteiger partial charge in [-0.15, -0.1) is 0 Å². The summed E-state index contributed by atoms with van der Waals surface area (Å²) in [4.78, 5) is 28.1. The minimum Gasteiger partial charge on any atom is -0.497 e. The molecule has 0 aromatic heterocycles. The van der Waals surface area contributed by atoms with Gasteiger partial charge in [-0.05, 0) is 41.8 Å². The number of amides is 2. The highest BCUT2D eigenvalue weighted by Gasteiger charge is 2.35. The molecule has 0 spiro atoms. The number of nitrogens with zero attached hydrogens (tertiary/aromatic N) is 1. The number of hydrogen-bond donors (Lipinski definition) is 2. The van der Waals surface area contributed by atoms with Gasteiger partial charge in [0.2, 0.25) is 15.9 Å². The molecule has 0 fully saturated rings. The molecule has 2 amide bonds. The largest absolute Gasteiger partial charge is 0.497 e. The van der Waals surface area contributed by atoms with Crippen LogP contribution in [0.25, 0.3) is 0 Å². The smallest absolute Gasteiger partial charge is 0.262 e. The Balaban J connectivity index is 1.50. The summed E-state index contributed by atoms with van der Waals surface area (Å²) in [5.41, 5.74) is 2.24. The Labute approximate surface area is 222 Å². The highest BCUT2D eigenvalue weighted by molar-refractivity contribution is 7.88. The highest BCUT2D eigenvalue weighted by Crippen LogP contribution is 2.34. The van der Waals surface area contributed by atoms with Gasteiger partial charge in [0.1, 0.15) is 11.5 Å². The molecule has 38 heavy (non-hydrogen) atoms. The number of carbonyl (C=O) groups is 2. The molecule has 0 unspecified atom stereocenters. The van der Waals surface area contributed by atoms with Crippen molar-refractivity contribution in [2.45, 2.75) is 25.0 Å². The van der Waals surface area contributed by atoms with Crippen molar-refractivity contribution in [2.75, 3.05) is 31.4 Å². The Morgan fingerprint density at radius 3 is 2.39 bits per heavy atom. The first kappa shape index (κ1) is 27.2. The summed E-state index contributed by atoms with van der Waals surface area (Å²) in [5.74, 6) is 0.350. The fourth-order valence-electron chi connectivity index (χ4n) is 4.30. The van der Waals surface area contributed by atoms with E-state index in [2.05, 4.69) is 10.0 Å². The van der Waals surface area contributed by atoms with E-state index in [-0.39, 0.29) is 24.8 Å². The van der Waals surface area contributed by atoms with Crippen molar-refractivity contribution in [1.29, 1.82) is 0 Å². The number of anilines is 1. The maximum atomic E-state index is 13.6. The molecule has 0 aliphatic carbocycles. The zero-order chi connectivity index (χ0) is 27.1. The van der Waals surface area contributed by atoms with Crippen molar-refractivity contribution in [2.24, 2.45) is 0 Å². The van der Waals surface area contributed by atoms with E-state index >= 15 is 0 Å². The molecule has 4 rings (SSSR count). The van der Waals surface area contributed by atoms with E-state index in [0.717, 1.165) is 11.8 Å². The van der Waals surface area contributed by atoms with Gasteiger partial charge in [0, 0.05) is 13.0 Å². The summed E-state index contributed by atoms with van der Waals surface area (Å²) in [6.45, 7) is 0.428. The molecular weight excluding hydrogens is 506 g/mol. The van der Waals surface area contributed by atoms with Crippen LogP contribution in [0.5, 0.6) is 11.5 Å². The number of benzene rings is 3. The number of sulfonamides is 1. The maximum absolute atomic E-state index is 13.6. The summed E-state index contributed by atoms with van der Waals surface area (Å²) >= 11 is 0. The standard InChI is InChI=1S/C28H31N3O6S/c1-36-22-14-12-21(13-15-22)23(30-38(2,34)35)18-27(32)31-19-26(37-25-11-7-6-10-24(25)31)28(33)29-17-16-20-8-4-3-5-9-20/h3-15,23,26,30H,16-19H2,1-2H3,(H,29,33)/t23-,26-/m1/s1. The average molecular weight is 538 g/mol. The van der Waals surface area contributed by atoms with Crippen LogP contribution in [-0.4, -0.2) is 52.8 Å². The van der Waals surface area contributed by atoms with Gasteiger partial charge in [-0.1, -0.05) is 54.6 Å². The molecule has 0 saturated heterocycles. The first-order valence-electron chi connectivity index (χ1n) is 12.2. The second-order valence-electron chi connectivity index (χ2n) is 9.03. The predicted octanol–water partition coefficient (Wildman–Crippen LogP) is 2.83. The van der Waals surface area contributed by atoms with Crippen LogP contribution in [0.2, 0.25) is 0 Å². The highest BCUT2D eigenvalue weighted by atomic mass is 32.2. The van der Waals surface area contributed by atoms with E-state index in [4.69, 9.17) is 9.47 Å². The molecule has 2 N–H and O–H groups in total. The van der Waals surface area contributed by atoms with Crippen molar-refractivity contribution < 1.29 is 27.5 Å². The molecule has 0 radical (unpaired) electrons. The van der Waals surface area contributed by atoms with Crippen LogP contribution in [0.15, 0.2) is 78.9 Å². The zero-order valence-electron chi connectivity index (χ0n) is 21.3. The van der Waals surface area contributed by atoms with Gasteiger partial charge >= 0.3 is 0 Å². The summed E-state index contributed by atoms with van der Waals surface area (Å²) in [5, 5.41) is 2.89. The summed E-state index contributed by atoms with van der Waals surface area (Å²) < 4.78 is 37.9. The third kappa shape index (κ3) is 7.11. The van der Waals surface area contributed by atoms with Crippen molar-refractivity contribution in [3.05, 3.63) is 90.0 Å². The van der Waals surface area contributed by atoms with Gasteiger partial charge in [-0.2, -0.15) is 0 Å². The molecule has 0 bridgehead atoms. The number of para-hydroxylation sites is 2. The van der Waals surface area contributed by atoms with E-state index in [1.807, 2.05) is 30.3 Å². The molecule has 0 saturated carbocycles. The first-order chi connectivity index (χ1) is 18.2. The predicted molar refractivity (Wildman–Crippen MR) is 145 cm³/mol. The fourth-order valence-corrected chi connectivity index (χ4v) is 5.04. The van der Waals surface area contributed by atoms with Crippen LogP contribution in [0.4, 0.5) is 5.69 Å². The molecule has 10 heteroatoms. The fraction of sp³-hybridized carbons (Fsp3) is 0.286. The van der Waals surface area contributed by atoms with Crippen molar-refractivity contribution >= 4 is 27.5 Å². The number of hydrogen-bond acceptors (Lipinski definition) is 6. The van der Waals surface area contributed by atoms with Gasteiger partial charge in [0.25, 0.3) is 5.91 Å². The quantitative estimate of drug-likeness (QED) is 0.411. The number of methoxy groups -OCH3 is 1. The van der Waals surface area contributed by atoms with Crippen LogP contribution >= 0.6 is 0 Å². The lowest BCUT2D eigenvalue weighted by Crippen LogP contribution is -2.51. The lowest BCUT2D eigenvalue weighted by atomic mass is 10.0. The molecule has 2 atom stereocenters. The lowest BCUT2D eigenvalue weighted by molar-refractivity contribution is -0.128. The van der Waals surface area contributed by atoms with Crippen LogP contribution in [-0.2, 0) is 26.0 Å². The SMILES string of the molecule is COc1ccc([C@@H](CC(=O)N2C[C@H](C(=O)NCCc3ccccc3)Oc3ccccc32)NS(C)(=O)=O)cc1. The lowest BCUT2D eigenvalue weighted by Gasteiger charge is -2.35. The molecule has 1 heterocycles. The number of ether oxygens (including phenoxy) is 2. The Bertz CT molecular complexity index is 1360. The van der Waals surface area contributed by atoms with Gasteiger partial charge in [-0.25, -0.2) is 13.1 Å². The second-order valence-corrected chi connectivity index (χ2v) is 10.8. The summed E-state index contributed by atoms with van der Waals surface area (Å²) in [7, 11) is -2.09. The molecular formula is C28H31N3O6S. The van der Waals surface area contributed by atoms with Gasteiger partial charge in [0.05, 0.1) is 31.6 Å². The maximum Gasteiger partial charge on any atom is 0.262 e. The third-order valence-corrected chi connectivity index (χ3v) is 6.89. The first-order valence-corrected chi connectivity index (χ1v) is 14.1. The topological polar surface area (TPSA) is 114 Å². The third-order valence-electron chi connectivity index (χ3n) is 6.18. The Hall–Kier alpha value is -3.89. The van der Waals surface area contributed by atoms with Crippen LogP contribution in [0, 0.1) is 0 Å². The summed E-state index contributed by atoms with van der Waals surface area (Å²) in [6, 6.07) is 22.8. The van der Waals surface area contributed by atoms with Crippen molar-refractivity contribution in [3.8, 4) is 11.5 Å². The monoisotopic (exact) mass is 537 g/mol. The Kier molecular flexibility index (Phi) is 8.65. The average Bonchev–Trinajstić information content (AvgIpc) is 2.92. The van der Waals surface area contributed by atoms with Crippen molar-refractivity contribution in [1.82, 2.24) is 10.0 Å². The van der Waals surface area contributed by atoms with E-state index in [1.54, 1.807) is 48.5 Å². The van der Waals surface area contributed by atoms with Crippen molar-refractivity contribution in [3.63, 3.8) is 0 Å². The molecule has 3 aromatic carbocycles. The zero-order valence-corrected chi connectivity index (χ0v) is 22.1. The van der Waals surface area contributed by atoms with E-state index < -0.39 is 22.2 Å². The van der Waals surface area contributed by atoms with E-state index in [0.29, 0.717) is 35.7 Å². The van der Waals surface area contributed by atoms with Gasteiger partial charge in [0.15, 0.2) is 6.10 Å². The van der Waals surface area contributed by atoms with Gasteiger partial charge < -0.3 is 19.7 Å². The molecule has 1 aliphatic heterocycles. The molecule has 9 nitrogen and oxygen atoms in total. The second kappa shape index (κ2) is 12.1. The number of carbonyl (C=O) groups excluding carboxylic acids is 2. The summed E-state index contributed by atoms with van der Waals surface area (Å²) in [6.07, 6.45) is 0.648. The molecule has 3 aromatic rings. The van der Waals surface area contributed by atoms with E-state index in [1.165, 1.54) is 12.0 Å². The van der Waals surface area contributed by atoms with Crippen LogP contribution in [0.1, 0.15) is 23.6 Å². The molecule has 200 valence electrons. The number of rotatable bonds is 10. The van der Waals surface area contributed by atoms with Gasteiger partial charge in [-0.3, -0.25) is 9.59 Å². The number of nitrogens with one attached hydrogen (secondary N) is 2. The Morgan fingerprint density at radius 1 is 1.03 bits per heavy atom. The minimum absolute atomic E-state index is 0.00121. The minimum atomic E-state index is -3.62.